The summed E-state index contributed by atoms with van der Waals surface area (Å²) in [4.78, 5) is 8.26. The van der Waals surface area contributed by atoms with E-state index >= 15 is 0 Å². The van der Waals surface area contributed by atoms with E-state index < -0.39 is 0 Å². The van der Waals surface area contributed by atoms with Crippen molar-refractivity contribution in [1.82, 2.24) is 15.2 Å². The van der Waals surface area contributed by atoms with Crippen molar-refractivity contribution in [2.24, 2.45) is 0 Å². The van der Waals surface area contributed by atoms with Gasteiger partial charge >= 0.3 is 0 Å². The summed E-state index contributed by atoms with van der Waals surface area (Å²) < 4.78 is 0. The smallest absolute Gasteiger partial charge is 0.0794 e. The molecule has 4 heteroatoms. The zero-order chi connectivity index (χ0) is 10.1. The van der Waals surface area contributed by atoms with E-state index in [1.165, 1.54) is 37.2 Å². The molecular weight excluding hydrogens is 206 g/mol. The minimum atomic E-state index is 0.764. The number of nitrogens with one attached hydrogen (secondary N) is 1. The molecule has 15 heavy (non-hydrogen) atoms. The van der Waals surface area contributed by atoms with Crippen LogP contribution in [-0.4, -0.2) is 35.1 Å². The molecule has 1 N–H and O–H groups in total. The maximum Gasteiger partial charge on any atom is 0.0794 e. The molecule has 2 aliphatic heterocycles. The molecule has 2 bridgehead atoms. The molecule has 3 nitrogen and oxygen atoms in total. The minimum Gasteiger partial charge on any atom is -0.315 e. The third kappa shape index (κ3) is 1.94. The van der Waals surface area contributed by atoms with E-state index in [0.717, 1.165) is 18.6 Å². The fourth-order valence-electron chi connectivity index (χ4n) is 2.84. The van der Waals surface area contributed by atoms with Crippen LogP contribution in [0.1, 0.15) is 24.1 Å². The highest BCUT2D eigenvalue weighted by molar-refractivity contribution is 7.09. The monoisotopic (exact) mass is 223 g/mol. The highest BCUT2D eigenvalue weighted by Crippen LogP contribution is 2.29. The molecule has 3 heterocycles. The molecule has 1 aromatic heterocycles. The maximum atomic E-state index is 4.16. The lowest BCUT2D eigenvalue weighted by atomic mass is 10.1. The molecule has 0 aromatic carbocycles. The predicted octanol–water partition coefficient (Wildman–Crippen LogP) is 1.47. The van der Waals surface area contributed by atoms with Gasteiger partial charge in [-0.2, -0.15) is 0 Å². The van der Waals surface area contributed by atoms with E-state index in [9.17, 15) is 0 Å². The first-order chi connectivity index (χ1) is 7.43. The van der Waals surface area contributed by atoms with Crippen molar-refractivity contribution in [1.29, 1.82) is 0 Å². The van der Waals surface area contributed by atoms with Gasteiger partial charge < -0.3 is 5.32 Å². The highest BCUT2D eigenvalue weighted by Gasteiger charge is 2.34. The summed E-state index contributed by atoms with van der Waals surface area (Å²) in [5.74, 6) is 0. The second-order valence-corrected chi connectivity index (χ2v) is 5.49. The van der Waals surface area contributed by atoms with Crippen LogP contribution >= 0.6 is 11.3 Å². The van der Waals surface area contributed by atoms with E-state index in [0.29, 0.717) is 0 Å². The third-order valence-electron chi connectivity index (χ3n) is 3.63. The van der Waals surface area contributed by atoms with E-state index in [1.807, 2.05) is 11.7 Å². The van der Waals surface area contributed by atoms with Gasteiger partial charge in [0.1, 0.15) is 0 Å². The van der Waals surface area contributed by atoms with Gasteiger partial charge in [0.2, 0.25) is 0 Å². The van der Waals surface area contributed by atoms with Crippen LogP contribution in [0.4, 0.5) is 0 Å². The molecule has 82 valence electrons. The lowest BCUT2D eigenvalue weighted by Crippen LogP contribution is -2.37. The Morgan fingerprint density at radius 1 is 1.40 bits per heavy atom. The van der Waals surface area contributed by atoms with Crippen LogP contribution in [-0.2, 0) is 6.54 Å². The van der Waals surface area contributed by atoms with Gasteiger partial charge in [0.05, 0.1) is 5.51 Å². The molecular formula is C11H17N3S. The number of aromatic nitrogens is 1. The summed E-state index contributed by atoms with van der Waals surface area (Å²) in [6.45, 7) is 3.48. The number of hydrogen-bond acceptors (Lipinski definition) is 4. The zero-order valence-electron chi connectivity index (χ0n) is 8.85. The first-order valence-electron chi connectivity index (χ1n) is 5.77. The van der Waals surface area contributed by atoms with Gasteiger partial charge in [-0.25, -0.2) is 0 Å². The molecule has 2 saturated heterocycles. The predicted molar refractivity (Wildman–Crippen MR) is 62.0 cm³/mol. The number of fused-ring (bicyclic) bond motifs is 2. The van der Waals surface area contributed by atoms with Crippen LogP contribution in [0.2, 0.25) is 0 Å². The Kier molecular flexibility index (Phi) is 2.73. The lowest BCUT2D eigenvalue weighted by Gasteiger charge is -2.26. The Hall–Kier alpha value is -0.450. The molecule has 2 unspecified atom stereocenters. The molecule has 0 saturated carbocycles. The number of thiazole rings is 1. The molecule has 3 rings (SSSR count). The summed E-state index contributed by atoms with van der Waals surface area (Å²) >= 11 is 1.78. The Morgan fingerprint density at radius 2 is 2.33 bits per heavy atom. The van der Waals surface area contributed by atoms with Gasteiger partial charge in [-0.15, -0.1) is 11.3 Å². The van der Waals surface area contributed by atoms with E-state index in [2.05, 4.69) is 15.2 Å². The van der Waals surface area contributed by atoms with Crippen molar-refractivity contribution in [2.75, 3.05) is 13.1 Å². The van der Waals surface area contributed by atoms with E-state index in [1.54, 1.807) is 11.3 Å². The van der Waals surface area contributed by atoms with Gasteiger partial charge in [0.25, 0.3) is 0 Å². The summed E-state index contributed by atoms with van der Waals surface area (Å²) in [5.41, 5.74) is 1.94. The zero-order valence-corrected chi connectivity index (χ0v) is 9.67. The van der Waals surface area contributed by atoms with Crippen molar-refractivity contribution in [3.05, 3.63) is 16.6 Å². The second-order valence-electron chi connectivity index (χ2n) is 4.52. The van der Waals surface area contributed by atoms with Crippen LogP contribution in [0.25, 0.3) is 0 Å². The van der Waals surface area contributed by atoms with Gasteiger partial charge in [0.15, 0.2) is 0 Å². The summed E-state index contributed by atoms with van der Waals surface area (Å²) in [5, 5.41) is 3.53. The number of nitrogens with zero attached hydrogens (tertiary/aromatic N) is 2. The third-order valence-corrected chi connectivity index (χ3v) is 4.39. The Balaban J connectivity index is 1.74. The van der Waals surface area contributed by atoms with Crippen LogP contribution in [0.5, 0.6) is 0 Å². The topological polar surface area (TPSA) is 28.2 Å². The van der Waals surface area contributed by atoms with Crippen LogP contribution in [0.3, 0.4) is 0 Å². The normalized spacial score (nSPS) is 31.7. The van der Waals surface area contributed by atoms with Crippen LogP contribution in [0.15, 0.2) is 11.7 Å². The van der Waals surface area contributed by atoms with Crippen molar-refractivity contribution in [3.8, 4) is 0 Å². The van der Waals surface area contributed by atoms with E-state index in [-0.39, 0.29) is 0 Å². The van der Waals surface area contributed by atoms with Crippen LogP contribution < -0.4 is 5.32 Å². The molecule has 0 radical (unpaired) electrons. The molecule has 0 amide bonds. The van der Waals surface area contributed by atoms with Gasteiger partial charge in [-0.3, -0.25) is 9.88 Å². The van der Waals surface area contributed by atoms with Crippen molar-refractivity contribution in [3.63, 3.8) is 0 Å². The van der Waals surface area contributed by atoms with Crippen molar-refractivity contribution in [2.45, 2.75) is 37.9 Å². The van der Waals surface area contributed by atoms with Crippen LogP contribution in [0, 0.1) is 0 Å². The fraction of sp³-hybridized carbons (Fsp3) is 0.727. The maximum absolute atomic E-state index is 4.16. The largest absolute Gasteiger partial charge is 0.315 e. The average molecular weight is 223 g/mol. The Labute approximate surface area is 94.5 Å². The first-order valence-corrected chi connectivity index (χ1v) is 6.65. The fourth-order valence-corrected chi connectivity index (χ4v) is 3.44. The van der Waals surface area contributed by atoms with Crippen molar-refractivity contribution < 1.29 is 0 Å². The summed E-state index contributed by atoms with van der Waals surface area (Å²) in [7, 11) is 0. The van der Waals surface area contributed by atoms with E-state index in [4.69, 9.17) is 0 Å². The second kappa shape index (κ2) is 4.20. The Morgan fingerprint density at radius 3 is 3.20 bits per heavy atom. The quantitative estimate of drug-likeness (QED) is 0.823. The molecule has 2 aliphatic rings. The first kappa shape index (κ1) is 9.75. The number of hydrogen-bond donors (Lipinski definition) is 1. The van der Waals surface area contributed by atoms with Gasteiger partial charge in [-0.05, 0) is 25.8 Å². The SMILES string of the molecule is c1ncc(CN2C3CCNCC2CC3)s1. The standard InChI is InChI=1S/C11H17N3S/c1-2-10-5-12-4-3-9(1)14(10)7-11-6-13-8-15-11/h6,8-10,12H,1-5,7H2. The lowest BCUT2D eigenvalue weighted by molar-refractivity contribution is 0.195. The highest BCUT2D eigenvalue weighted by atomic mass is 32.1. The van der Waals surface area contributed by atoms with Gasteiger partial charge in [-0.1, -0.05) is 0 Å². The molecule has 2 atom stereocenters. The molecule has 0 spiro atoms. The summed E-state index contributed by atoms with van der Waals surface area (Å²) in [6.07, 6.45) is 6.10. The molecule has 0 aliphatic carbocycles. The Bertz CT molecular complexity index is 298. The summed E-state index contributed by atoms with van der Waals surface area (Å²) in [6, 6.07) is 1.58. The van der Waals surface area contributed by atoms with Gasteiger partial charge in [0, 0.05) is 36.2 Å². The minimum absolute atomic E-state index is 0.764. The molecule has 2 fully saturated rings. The average Bonchev–Trinajstić information content (AvgIpc) is 2.76. The van der Waals surface area contributed by atoms with Crippen molar-refractivity contribution >= 4 is 11.3 Å². The molecule has 1 aromatic rings. The number of rotatable bonds is 2.